The molecule has 0 saturated carbocycles. The molecular weight excluding hydrogens is 298 g/mol. The van der Waals surface area contributed by atoms with Crippen LogP contribution in [0.2, 0.25) is 0 Å². The monoisotopic (exact) mass is 325 g/mol. The topological polar surface area (TPSA) is 79.0 Å². The minimum Gasteiger partial charge on any atom is -0.444 e. The molecule has 0 aliphatic carbocycles. The molecule has 7 nitrogen and oxygen atoms in total. The third-order valence-corrected chi connectivity index (χ3v) is 3.22. The lowest BCUT2D eigenvalue weighted by Gasteiger charge is -2.34. The quantitative estimate of drug-likeness (QED) is 0.786. The molecule has 0 spiro atoms. The van der Waals surface area contributed by atoms with E-state index in [4.69, 9.17) is 4.74 Å². The van der Waals surface area contributed by atoms with Crippen molar-refractivity contribution < 1.29 is 19.1 Å². The molecule has 1 N–H and O–H groups in total. The molecule has 7 heteroatoms. The maximum absolute atomic E-state index is 12.1. The van der Waals surface area contributed by atoms with Crippen molar-refractivity contribution in [3.8, 4) is 0 Å². The van der Waals surface area contributed by atoms with E-state index in [0.717, 1.165) is 6.42 Å². The second-order valence-corrected chi connectivity index (χ2v) is 6.37. The fraction of sp³-hybridized carbons (Fsp3) is 0.688. The van der Waals surface area contributed by atoms with Crippen molar-refractivity contribution in [3.05, 3.63) is 12.2 Å². The molecule has 1 rings (SSSR count). The lowest BCUT2D eigenvalue weighted by molar-refractivity contribution is -0.136. The molecule has 0 radical (unpaired) electrons. The first kappa shape index (κ1) is 19.0. The summed E-state index contributed by atoms with van der Waals surface area (Å²) in [5.41, 5.74) is -0.592. The van der Waals surface area contributed by atoms with Gasteiger partial charge in [0.05, 0.1) is 0 Å². The molecule has 0 unspecified atom stereocenters. The van der Waals surface area contributed by atoms with Crippen LogP contribution in [0.3, 0.4) is 0 Å². The van der Waals surface area contributed by atoms with Crippen molar-refractivity contribution in [2.45, 2.75) is 39.7 Å². The molecule has 0 atom stereocenters. The van der Waals surface area contributed by atoms with Crippen LogP contribution in [0.1, 0.15) is 34.1 Å². The summed E-state index contributed by atoms with van der Waals surface area (Å²) in [6, 6.07) is 0. The Morgan fingerprint density at radius 3 is 2.17 bits per heavy atom. The van der Waals surface area contributed by atoms with E-state index in [1.54, 1.807) is 36.6 Å². The molecule has 0 aromatic carbocycles. The molecule has 0 aromatic rings. The Bertz CT molecular complexity index is 460. The van der Waals surface area contributed by atoms with Gasteiger partial charge in [0, 0.05) is 26.2 Å². The van der Waals surface area contributed by atoms with E-state index in [-0.39, 0.29) is 18.4 Å². The van der Waals surface area contributed by atoms with Gasteiger partial charge in [-0.3, -0.25) is 9.59 Å². The van der Waals surface area contributed by atoms with Crippen LogP contribution in [0, 0.1) is 0 Å². The predicted molar refractivity (Wildman–Crippen MR) is 86.8 cm³/mol. The molecule has 0 bridgehead atoms. The number of carbonyl (C=O) groups excluding carboxylic acids is 3. The Balaban J connectivity index is 2.34. The lowest BCUT2D eigenvalue weighted by Crippen LogP contribution is -2.52. The largest absolute Gasteiger partial charge is 0.444 e. The predicted octanol–water partition coefficient (Wildman–Crippen LogP) is 1.15. The van der Waals surface area contributed by atoms with Crippen molar-refractivity contribution in [1.82, 2.24) is 15.1 Å². The molecular formula is C16H27N3O4. The maximum Gasteiger partial charge on any atom is 0.408 e. The number of alkyl carbamates (subject to hydrolysis) is 1. The maximum atomic E-state index is 12.1. The summed E-state index contributed by atoms with van der Waals surface area (Å²) < 4.78 is 5.08. The number of allylic oxidation sites excluding steroid dienone is 1. The van der Waals surface area contributed by atoms with Gasteiger partial charge in [0.1, 0.15) is 12.1 Å². The van der Waals surface area contributed by atoms with Gasteiger partial charge in [-0.2, -0.15) is 0 Å². The zero-order valence-corrected chi connectivity index (χ0v) is 14.4. The van der Waals surface area contributed by atoms with Gasteiger partial charge in [0.15, 0.2) is 0 Å². The first-order valence-corrected chi connectivity index (χ1v) is 7.93. The van der Waals surface area contributed by atoms with Crippen LogP contribution in [0.5, 0.6) is 0 Å². The number of piperazine rings is 1. The summed E-state index contributed by atoms with van der Waals surface area (Å²) in [4.78, 5) is 38.8. The smallest absolute Gasteiger partial charge is 0.408 e. The molecule has 130 valence electrons. The Kier molecular flexibility index (Phi) is 7.06. The molecule has 23 heavy (non-hydrogen) atoms. The highest BCUT2D eigenvalue weighted by Crippen LogP contribution is 2.07. The van der Waals surface area contributed by atoms with E-state index in [0.29, 0.717) is 26.2 Å². The Morgan fingerprint density at radius 1 is 1.09 bits per heavy atom. The number of amides is 3. The second-order valence-electron chi connectivity index (χ2n) is 6.37. The third kappa shape index (κ3) is 7.17. The van der Waals surface area contributed by atoms with E-state index >= 15 is 0 Å². The van der Waals surface area contributed by atoms with Gasteiger partial charge in [-0.05, 0) is 33.3 Å². The van der Waals surface area contributed by atoms with Crippen LogP contribution in [0.15, 0.2) is 12.2 Å². The summed E-state index contributed by atoms with van der Waals surface area (Å²) in [5.74, 6) is -0.196. The highest BCUT2D eigenvalue weighted by Gasteiger charge is 2.24. The number of nitrogens with zero attached hydrogens (tertiary/aromatic N) is 2. The first-order valence-electron chi connectivity index (χ1n) is 7.93. The molecule has 1 aliphatic rings. The van der Waals surface area contributed by atoms with Crippen LogP contribution < -0.4 is 5.32 Å². The van der Waals surface area contributed by atoms with Gasteiger partial charge in [-0.25, -0.2) is 4.79 Å². The fourth-order valence-corrected chi connectivity index (χ4v) is 2.07. The van der Waals surface area contributed by atoms with Gasteiger partial charge in [-0.15, -0.1) is 0 Å². The van der Waals surface area contributed by atoms with E-state index in [9.17, 15) is 14.4 Å². The summed E-state index contributed by atoms with van der Waals surface area (Å²) in [5, 5.41) is 2.45. The van der Waals surface area contributed by atoms with Crippen molar-refractivity contribution in [2.75, 3.05) is 32.7 Å². The van der Waals surface area contributed by atoms with Crippen molar-refractivity contribution >= 4 is 17.9 Å². The van der Waals surface area contributed by atoms with Crippen LogP contribution >= 0.6 is 0 Å². The molecule has 1 aliphatic heterocycles. The van der Waals surface area contributed by atoms with Gasteiger partial charge in [-0.1, -0.05) is 13.0 Å². The minimum absolute atomic E-state index is 0.0224. The zero-order chi connectivity index (χ0) is 17.5. The standard InChI is InChI=1S/C16H27N3O4/c1-5-6-7-13(20)18-8-10-19(11-9-18)14(21)12-17-15(22)23-16(2,3)4/h6-7H,5,8-12H2,1-4H3,(H,17,22)/b7-6+. The summed E-state index contributed by atoms with van der Waals surface area (Å²) in [6.07, 6.45) is 3.61. The number of hydrogen-bond donors (Lipinski definition) is 1. The number of nitrogens with one attached hydrogen (secondary N) is 1. The van der Waals surface area contributed by atoms with Gasteiger partial charge in [0.2, 0.25) is 11.8 Å². The summed E-state index contributed by atoms with van der Waals surface area (Å²) in [7, 11) is 0. The molecule has 1 saturated heterocycles. The molecule has 0 aromatic heterocycles. The van der Waals surface area contributed by atoms with Crippen LogP contribution in [0.4, 0.5) is 4.79 Å². The lowest BCUT2D eigenvalue weighted by atomic mass is 10.2. The SMILES string of the molecule is CC/C=C/C(=O)N1CCN(C(=O)CNC(=O)OC(C)(C)C)CC1. The summed E-state index contributed by atoms with van der Waals surface area (Å²) >= 11 is 0. The van der Waals surface area contributed by atoms with Crippen molar-refractivity contribution in [2.24, 2.45) is 0 Å². The number of carbonyl (C=O) groups is 3. The average Bonchev–Trinajstić information content (AvgIpc) is 2.48. The van der Waals surface area contributed by atoms with Gasteiger partial charge < -0.3 is 19.9 Å². The normalized spacial score (nSPS) is 15.7. The minimum atomic E-state index is -0.607. The second kappa shape index (κ2) is 8.55. The zero-order valence-electron chi connectivity index (χ0n) is 14.4. The fourth-order valence-electron chi connectivity index (χ4n) is 2.07. The third-order valence-electron chi connectivity index (χ3n) is 3.22. The van der Waals surface area contributed by atoms with Crippen molar-refractivity contribution in [1.29, 1.82) is 0 Å². The Morgan fingerprint density at radius 2 is 1.65 bits per heavy atom. The molecule has 3 amide bonds. The van der Waals surface area contributed by atoms with Gasteiger partial charge in [0.25, 0.3) is 0 Å². The first-order chi connectivity index (χ1) is 10.7. The van der Waals surface area contributed by atoms with E-state index in [1.165, 1.54) is 0 Å². The Labute approximate surface area is 137 Å². The number of rotatable bonds is 4. The highest BCUT2D eigenvalue weighted by molar-refractivity contribution is 5.88. The number of hydrogen-bond acceptors (Lipinski definition) is 4. The van der Waals surface area contributed by atoms with Gasteiger partial charge >= 0.3 is 6.09 Å². The average molecular weight is 325 g/mol. The number of ether oxygens (including phenoxy) is 1. The van der Waals surface area contributed by atoms with Crippen LogP contribution in [-0.2, 0) is 14.3 Å². The van der Waals surface area contributed by atoms with Crippen molar-refractivity contribution in [3.63, 3.8) is 0 Å². The van der Waals surface area contributed by atoms with Crippen LogP contribution in [-0.4, -0.2) is 66.0 Å². The molecule has 1 heterocycles. The Hall–Kier alpha value is -2.05. The highest BCUT2D eigenvalue weighted by atomic mass is 16.6. The van der Waals surface area contributed by atoms with E-state index < -0.39 is 11.7 Å². The van der Waals surface area contributed by atoms with E-state index in [1.807, 2.05) is 13.0 Å². The van der Waals surface area contributed by atoms with E-state index in [2.05, 4.69) is 5.32 Å². The van der Waals surface area contributed by atoms with Crippen LogP contribution in [0.25, 0.3) is 0 Å². The summed E-state index contributed by atoms with van der Waals surface area (Å²) in [6.45, 7) is 9.11. The molecule has 1 fully saturated rings.